The molecule has 0 heterocycles. The van der Waals surface area contributed by atoms with Crippen molar-refractivity contribution in [2.45, 2.75) is 98.3 Å². The Morgan fingerprint density at radius 2 is 1.68 bits per heavy atom. The minimum Gasteiger partial charge on any atom is -0.0654 e. The average Bonchev–Trinajstić information content (AvgIpc) is 2.37. The first-order valence-corrected chi connectivity index (χ1v) is 9.19. The lowest BCUT2D eigenvalue weighted by Crippen LogP contribution is -2.34. The van der Waals surface area contributed by atoms with Crippen molar-refractivity contribution >= 4 is 0 Å². The Hall–Kier alpha value is 0. The smallest absolute Gasteiger partial charge is 0.0360 e. The summed E-state index contributed by atoms with van der Waals surface area (Å²) in [5.41, 5.74) is 0. The first-order chi connectivity index (χ1) is 9.19. The average molecular weight is 267 g/mol. The molecule has 0 nitrogen and oxygen atoms in total. The lowest BCUT2D eigenvalue weighted by atomic mass is 9.62. The van der Waals surface area contributed by atoms with Crippen LogP contribution in [0.2, 0.25) is 0 Å². The molecule has 1 fully saturated rings. The Kier molecular flexibility index (Phi) is 8.83. The highest BCUT2D eigenvalue weighted by Crippen LogP contribution is 2.46. The van der Waals surface area contributed by atoms with Crippen LogP contribution in [-0.2, 0) is 0 Å². The molecule has 1 rings (SSSR count). The first-order valence-electron chi connectivity index (χ1n) is 9.19. The second kappa shape index (κ2) is 9.83. The standard InChI is InChI=1S/C19H38/c1-5-7-8-9-14-19-17(4)15-18(19)13-10-12-16(3)11-6-2/h16-19H,5-15H2,1-4H3. The maximum atomic E-state index is 2.49. The summed E-state index contributed by atoms with van der Waals surface area (Å²) in [4.78, 5) is 0. The predicted molar refractivity (Wildman–Crippen MR) is 87.4 cm³/mol. The van der Waals surface area contributed by atoms with Gasteiger partial charge in [0.2, 0.25) is 0 Å². The van der Waals surface area contributed by atoms with E-state index in [4.69, 9.17) is 0 Å². The second-order valence-corrected chi connectivity index (χ2v) is 7.31. The van der Waals surface area contributed by atoms with Gasteiger partial charge >= 0.3 is 0 Å². The van der Waals surface area contributed by atoms with E-state index in [1.54, 1.807) is 0 Å². The van der Waals surface area contributed by atoms with Crippen LogP contribution in [0.5, 0.6) is 0 Å². The van der Waals surface area contributed by atoms with E-state index < -0.39 is 0 Å². The molecule has 0 bridgehead atoms. The molecule has 19 heavy (non-hydrogen) atoms. The molecule has 0 radical (unpaired) electrons. The van der Waals surface area contributed by atoms with Crippen LogP contribution < -0.4 is 0 Å². The Labute approximate surface area is 122 Å². The van der Waals surface area contributed by atoms with Gasteiger partial charge in [-0.25, -0.2) is 0 Å². The SMILES string of the molecule is CCCCCCC1C(C)CC1CCCC(C)CCC. The minimum absolute atomic E-state index is 0.963. The van der Waals surface area contributed by atoms with E-state index >= 15 is 0 Å². The van der Waals surface area contributed by atoms with Gasteiger partial charge in [0, 0.05) is 0 Å². The van der Waals surface area contributed by atoms with Crippen LogP contribution in [0.25, 0.3) is 0 Å². The van der Waals surface area contributed by atoms with Gasteiger partial charge in [0.1, 0.15) is 0 Å². The fraction of sp³-hybridized carbons (Fsp3) is 1.00. The van der Waals surface area contributed by atoms with Gasteiger partial charge < -0.3 is 0 Å². The van der Waals surface area contributed by atoms with Gasteiger partial charge in [0.05, 0.1) is 0 Å². The fourth-order valence-corrected chi connectivity index (χ4v) is 4.12. The lowest BCUT2D eigenvalue weighted by Gasteiger charge is -2.44. The van der Waals surface area contributed by atoms with Gasteiger partial charge in [-0.2, -0.15) is 0 Å². The number of hydrogen-bond acceptors (Lipinski definition) is 0. The van der Waals surface area contributed by atoms with Crippen LogP contribution in [0.3, 0.4) is 0 Å². The van der Waals surface area contributed by atoms with Crippen LogP contribution in [0, 0.1) is 23.7 Å². The summed E-state index contributed by atoms with van der Waals surface area (Å²) in [5, 5.41) is 0. The Balaban J connectivity index is 2.09. The lowest BCUT2D eigenvalue weighted by molar-refractivity contribution is 0.0642. The van der Waals surface area contributed by atoms with Crippen molar-refractivity contribution in [1.29, 1.82) is 0 Å². The highest BCUT2D eigenvalue weighted by atomic mass is 14.4. The van der Waals surface area contributed by atoms with E-state index in [1.807, 2.05) is 0 Å². The molecule has 0 spiro atoms. The summed E-state index contributed by atoms with van der Waals surface area (Å²) in [6.07, 6.45) is 16.1. The highest BCUT2D eigenvalue weighted by molar-refractivity contribution is 4.86. The van der Waals surface area contributed by atoms with Crippen LogP contribution in [0.15, 0.2) is 0 Å². The minimum atomic E-state index is 0.963. The molecule has 1 saturated carbocycles. The van der Waals surface area contributed by atoms with E-state index in [9.17, 15) is 0 Å². The monoisotopic (exact) mass is 266 g/mol. The van der Waals surface area contributed by atoms with Gasteiger partial charge in [-0.1, -0.05) is 85.5 Å². The van der Waals surface area contributed by atoms with E-state index in [2.05, 4.69) is 27.7 Å². The largest absolute Gasteiger partial charge is 0.0654 e. The molecule has 4 unspecified atom stereocenters. The molecule has 0 amide bonds. The molecular formula is C19H38. The molecule has 114 valence electrons. The highest BCUT2D eigenvalue weighted by Gasteiger charge is 2.36. The Morgan fingerprint density at radius 1 is 0.895 bits per heavy atom. The zero-order valence-electron chi connectivity index (χ0n) is 14.1. The zero-order chi connectivity index (χ0) is 14.1. The van der Waals surface area contributed by atoms with Crippen molar-refractivity contribution in [3.8, 4) is 0 Å². The van der Waals surface area contributed by atoms with Crippen molar-refractivity contribution in [3.63, 3.8) is 0 Å². The molecule has 4 atom stereocenters. The molecule has 0 aromatic rings. The van der Waals surface area contributed by atoms with E-state index in [1.165, 1.54) is 70.6 Å². The van der Waals surface area contributed by atoms with Gasteiger partial charge in [0.15, 0.2) is 0 Å². The summed E-state index contributed by atoms with van der Waals surface area (Å²) in [6, 6.07) is 0. The van der Waals surface area contributed by atoms with Crippen molar-refractivity contribution in [3.05, 3.63) is 0 Å². The molecule has 1 aliphatic carbocycles. The van der Waals surface area contributed by atoms with Crippen LogP contribution in [0.1, 0.15) is 98.3 Å². The van der Waals surface area contributed by atoms with Crippen molar-refractivity contribution in [2.24, 2.45) is 23.7 Å². The predicted octanol–water partition coefficient (Wildman–Crippen LogP) is 6.84. The van der Waals surface area contributed by atoms with Gasteiger partial charge in [0.25, 0.3) is 0 Å². The molecule has 0 aliphatic heterocycles. The summed E-state index contributed by atoms with van der Waals surface area (Å²) >= 11 is 0. The third-order valence-corrected chi connectivity index (χ3v) is 5.46. The molecule has 0 aromatic heterocycles. The van der Waals surface area contributed by atoms with Crippen molar-refractivity contribution < 1.29 is 0 Å². The maximum absolute atomic E-state index is 2.49. The zero-order valence-corrected chi connectivity index (χ0v) is 14.1. The Bertz CT molecular complexity index is 208. The quantitative estimate of drug-likeness (QED) is 0.359. The van der Waals surface area contributed by atoms with Gasteiger partial charge in [-0.15, -0.1) is 0 Å². The van der Waals surface area contributed by atoms with Crippen LogP contribution in [-0.4, -0.2) is 0 Å². The molecule has 0 aromatic carbocycles. The first kappa shape index (κ1) is 17.1. The molecular weight excluding hydrogens is 228 g/mol. The fourth-order valence-electron chi connectivity index (χ4n) is 4.12. The normalized spacial score (nSPS) is 28.1. The summed E-state index contributed by atoms with van der Waals surface area (Å²) in [6.45, 7) is 9.55. The molecule has 1 aliphatic rings. The second-order valence-electron chi connectivity index (χ2n) is 7.31. The summed E-state index contributed by atoms with van der Waals surface area (Å²) in [5.74, 6) is 4.16. The van der Waals surface area contributed by atoms with Crippen molar-refractivity contribution in [2.75, 3.05) is 0 Å². The Morgan fingerprint density at radius 3 is 2.32 bits per heavy atom. The molecule has 0 saturated heterocycles. The third kappa shape index (κ3) is 6.32. The topological polar surface area (TPSA) is 0 Å². The molecule has 0 heteroatoms. The van der Waals surface area contributed by atoms with Gasteiger partial charge in [-0.05, 0) is 36.5 Å². The maximum Gasteiger partial charge on any atom is -0.0360 e. The van der Waals surface area contributed by atoms with Crippen LogP contribution in [0.4, 0.5) is 0 Å². The number of unbranched alkanes of at least 4 members (excludes halogenated alkanes) is 3. The number of rotatable bonds is 11. The van der Waals surface area contributed by atoms with E-state index in [-0.39, 0.29) is 0 Å². The molecule has 0 N–H and O–H groups in total. The number of hydrogen-bond donors (Lipinski definition) is 0. The van der Waals surface area contributed by atoms with Gasteiger partial charge in [-0.3, -0.25) is 0 Å². The van der Waals surface area contributed by atoms with Crippen LogP contribution >= 0.6 is 0 Å². The summed E-state index contributed by atoms with van der Waals surface area (Å²) in [7, 11) is 0. The van der Waals surface area contributed by atoms with Crippen molar-refractivity contribution in [1.82, 2.24) is 0 Å². The van der Waals surface area contributed by atoms with E-state index in [0.29, 0.717) is 0 Å². The summed E-state index contributed by atoms with van der Waals surface area (Å²) < 4.78 is 0. The van der Waals surface area contributed by atoms with E-state index in [0.717, 1.165) is 23.7 Å². The third-order valence-electron chi connectivity index (χ3n) is 5.46.